The molecule has 0 saturated carbocycles. The van der Waals surface area contributed by atoms with Crippen molar-refractivity contribution in [1.82, 2.24) is 10.1 Å². The molecule has 0 aromatic heterocycles. The first-order chi connectivity index (χ1) is 24.6. The Morgan fingerprint density at radius 1 is 0.604 bits per heavy atom. The van der Waals surface area contributed by atoms with Crippen LogP contribution in [0.2, 0.25) is 0 Å². The van der Waals surface area contributed by atoms with Gasteiger partial charge in [0.05, 0.1) is 32.5 Å². The van der Waals surface area contributed by atoms with Crippen molar-refractivity contribution in [3.63, 3.8) is 0 Å². The zero-order chi connectivity index (χ0) is 39.5. The highest BCUT2D eigenvalue weighted by Gasteiger charge is 2.49. The lowest BCUT2D eigenvalue weighted by Gasteiger charge is -2.50. The third-order valence-corrected chi connectivity index (χ3v) is 10.0. The summed E-state index contributed by atoms with van der Waals surface area (Å²) in [7, 11) is 2.90. The Morgan fingerprint density at radius 3 is 1.23 bits per heavy atom. The zero-order valence-electron chi connectivity index (χ0n) is 32.5. The molecule has 2 N–H and O–H groups in total. The number of carbonyl (C=O) groups excluding carboxylic acids is 4. The third kappa shape index (κ3) is 10.00. The molecule has 0 bridgehead atoms. The molecular formula is C41H54N2O10. The van der Waals surface area contributed by atoms with Crippen LogP contribution in [0.1, 0.15) is 98.6 Å². The van der Waals surface area contributed by atoms with E-state index < -0.39 is 57.5 Å². The summed E-state index contributed by atoms with van der Waals surface area (Å²) in [5, 5.41) is 23.8. The van der Waals surface area contributed by atoms with E-state index in [9.17, 15) is 29.6 Å². The monoisotopic (exact) mass is 734 g/mol. The van der Waals surface area contributed by atoms with Crippen LogP contribution in [0.25, 0.3) is 12.2 Å². The van der Waals surface area contributed by atoms with Crippen LogP contribution in [0, 0.1) is 11.8 Å². The van der Waals surface area contributed by atoms with Gasteiger partial charge in [-0.2, -0.15) is 10.1 Å². The van der Waals surface area contributed by atoms with E-state index in [0.717, 1.165) is 0 Å². The number of hydrogen-bond donors (Lipinski definition) is 2. The molecule has 12 heteroatoms. The van der Waals surface area contributed by atoms with Crippen molar-refractivity contribution in [1.29, 1.82) is 0 Å². The SMILES string of the molecule is COc1cc(/C=C/C(=O)CC(=O)/C=C/c2ccc(OC(=O)C3CC(C)(C)N(O)C(C)(C)C3)c(OC)c2)ccc1OC(=O)C1CC(C)(C)N(O)C(C)(C)C1. The molecule has 2 heterocycles. The number of benzene rings is 2. The molecule has 0 unspecified atom stereocenters. The van der Waals surface area contributed by atoms with E-state index in [1.165, 1.54) is 36.5 Å². The first kappa shape index (κ1) is 41.4. The predicted octanol–water partition coefficient (Wildman–Crippen LogP) is 7.09. The van der Waals surface area contributed by atoms with Crippen LogP contribution in [-0.4, -0.2) is 80.4 Å². The minimum absolute atomic E-state index is 0.238. The van der Waals surface area contributed by atoms with Crippen LogP contribution in [0.3, 0.4) is 0 Å². The Hall–Kier alpha value is -4.36. The molecule has 2 aliphatic rings. The average Bonchev–Trinajstić information content (AvgIpc) is 3.07. The molecule has 0 amide bonds. The highest BCUT2D eigenvalue weighted by Crippen LogP contribution is 2.42. The number of piperidine rings is 2. The molecule has 0 atom stereocenters. The van der Waals surface area contributed by atoms with Crippen molar-refractivity contribution in [3.05, 3.63) is 59.7 Å². The Kier molecular flexibility index (Phi) is 12.4. The van der Waals surface area contributed by atoms with Crippen molar-refractivity contribution < 1.29 is 48.5 Å². The second-order valence-electron chi connectivity index (χ2n) is 16.5. The van der Waals surface area contributed by atoms with Gasteiger partial charge in [0.15, 0.2) is 34.6 Å². The summed E-state index contributed by atoms with van der Waals surface area (Å²) in [6.45, 7) is 15.0. The molecule has 12 nitrogen and oxygen atoms in total. The minimum atomic E-state index is -0.609. The Morgan fingerprint density at radius 2 is 0.925 bits per heavy atom. The highest BCUT2D eigenvalue weighted by atomic mass is 16.6. The number of hydrogen-bond acceptors (Lipinski definition) is 12. The second-order valence-corrected chi connectivity index (χ2v) is 16.5. The Labute approximate surface area is 312 Å². The fourth-order valence-electron chi connectivity index (χ4n) is 7.67. The van der Waals surface area contributed by atoms with Gasteiger partial charge in [0.2, 0.25) is 0 Å². The predicted molar refractivity (Wildman–Crippen MR) is 199 cm³/mol. The van der Waals surface area contributed by atoms with Crippen LogP contribution < -0.4 is 18.9 Å². The smallest absolute Gasteiger partial charge is 0.314 e. The third-order valence-electron chi connectivity index (χ3n) is 10.0. The lowest BCUT2D eigenvalue weighted by Crippen LogP contribution is -2.60. The van der Waals surface area contributed by atoms with Crippen LogP contribution in [-0.2, 0) is 19.2 Å². The van der Waals surface area contributed by atoms with E-state index in [1.54, 1.807) is 48.6 Å². The molecule has 2 aromatic rings. The highest BCUT2D eigenvalue weighted by molar-refractivity contribution is 6.10. The fraction of sp³-hybridized carbons (Fsp3) is 0.512. The van der Waals surface area contributed by atoms with Crippen molar-refractivity contribution in [2.45, 2.75) is 110 Å². The average molecular weight is 735 g/mol. The summed E-state index contributed by atoms with van der Waals surface area (Å²) in [6, 6.07) is 9.79. The lowest BCUT2D eigenvalue weighted by atomic mass is 9.75. The van der Waals surface area contributed by atoms with E-state index in [0.29, 0.717) is 48.3 Å². The van der Waals surface area contributed by atoms with Crippen LogP contribution in [0.4, 0.5) is 0 Å². The molecule has 2 aromatic carbocycles. The van der Waals surface area contributed by atoms with Crippen LogP contribution in [0.15, 0.2) is 48.6 Å². The van der Waals surface area contributed by atoms with Gasteiger partial charge < -0.3 is 29.4 Å². The summed E-state index contributed by atoms with van der Waals surface area (Å²) in [4.78, 5) is 51.6. The summed E-state index contributed by atoms with van der Waals surface area (Å²) in [5.74, 6) is -1.40. The zero-order valence-corrected chi connectivity index (χ0v) is 32.5. The summed E-state index contributed by atoms with van der Waals surface area (Å²) in [6.07, 6.45) is 7.05. The van der Waals surface area contributed by atoms with Gasteiger partial charge in [-0.1, -0.05) is 24.3 Å². The van der Waals surface area contributed by atoms with E-state index >= 15 is 0 Å². The largest absolute Gasteiger partial charge is 0.493 e. The van der Waals surface area contributed by atoms with Gasteiger partial charge in [-0.3, -0.25) is 19.2 Å². The van der Waals surface area contributed by atoms with Gasteiger partial charge in [-0.05, 0) is 129 Å². The quantitative estimate of drug-likeness (QED) is 0.0992. The van der Waals surface area contributed by atoms with E-state index in [-0.39, 0.29) is 17.9 Å². The molecular weight excluding hydrogens is 680 g/mol. The topological polar surface area (TPSA) is 152 Å². The number of hydroxylamine groups is 4. The maximum Gasteiger partial charge on any atom is 0.314 e. The van der Waals surface area contributed by atoms with E-state index in [4.69, 9.17) is 18.9 Å². The number of nitrogens with zero attached hydrogens (tertiary/aromatic N) is 2. The first-order valence-corrected chi connectivity index (χ1v) is 17.8. The van der Waals surface area contributed by atoms with Gasteiger partial charge in [-0.25, -0.2) is 0 Å². The van der Waals surface area contributed by atoms with E-state index in [2.05, 4.69) is 0 Å². The van der Waals surface area contributed by atoms with Crippen molar-refractivity contribution >= 4 is 35.7 Å². The van der Waals surface area contributed by atoms with E-state index in [1.807, 2.05) is 55.4 Å². The second kappa shape index (κ2) is 15.9. The molecule has 288 valence electrons. The molecule has 0 aliphatic carbocycles. The van der Waals surface area contributed by atoms with Gasteiger partial charge in [0.1, 0.15) is 0 Å². The molecule has 53 heavy (non-hydrogen) atoms. The van der Waals surface area contributed by atoms with Gasteiger partial charge >= 0.3 is 11.9 Å². The van der Waals surface area contributed by atoms with Gasteiger partial charge in [0.25, 0.3) is 0 Å². The maximum atomic E-state index is 13.1. The Bertz CT molecular complexity index is 1610. The van der Waals surface area contributed by atoms with Crippen molar-refractivity contribution in [2.75, 3.05) is 14.2 Å². The van der Waals surface area contributed by atoms with Gasteiger partial charge in [-0.15, -0.1) is 0 Å². The lowest BCUT2D eigenvalue weighted by molar-refractivity contribution is -0.251. The fourth-order valence-corrected chi connectivity index (χ4v) is 7.67. The summed E-state index contributed by atoms with van der Waals surface area (Å²) < 4.78 is 22.4. The Balaban J connectivity index is 1.33. The molecule has 0 spiro atoms. The molecule has 0 radical (unpaired) electrons. The molecule has 4 rings (SSSR count). The standard InChI is InChI=1S/C41H54N2O10/c1-38(2)22-28(23-39(3,4)42(38)48)36(46)52-32-17-13-26(19-34(32)50-9)11-15-30(44)21-31(45)16-12-27-14-18-33(35(20-27)51-10)53-37(47)29-24-40(5,6)43(49)41(7,8)25-29/h11-20,28-29,48-49H,21-25H2,1-10H3/b15-11+,16-12+. The molecule has 2 saturated heterocycles. The number of ketones is 2. The molecule has 2 fully saturated rings. The van der Waals surface area contributed by atoms with Crippen molar-refractivity contribution in [2.24, 2.45) is 11.8 Å². The van der Waals surface area contributed by atoms with Crippen LogP contribution >= 0.6 is 0 Å². The molecule has 2 aliphatic heterocycles. The summed E-state index contributed by atoms with van der Waals surface area (Å²) in [5.41, 5.74) is -1.23. The first-order valence-electron chi connectivity index (χ1n) is 17.8. The number of esters is 2. The maximum absolute atomic E-state index is 13.1. The number of allylic oxidation sites excluding steroid dienone is 2. The number of carbonyl (C=O) groups is 4. The number of rotatable bonds is 12. The minimum Gasteiger partial charge on any atom is -0.493 e. The van der Waals surface area contributed by atoms with Gasteiger partial charge in [0, 0.05) is 22.2 Å². The van der Waals surface area contributed by atoms with Crippen molar-refractivity contribution in [3.8, 4) is 23.0 Å². The number of ether oxygens (including phenoxy) is 4. The summed E-state index contributed by atoms with van der Waals surface area (Å²) >= 11 is 0. The number of methoxy groups -OCH3 is 2. The normalized spacial score (nSPS) is 20.3. The van der Waals surface area contributed by atoms with Crippen LogP contribution in [0.5, 0.6) is 23.0 Å².